The van der Waals surface area contributed by atoms with Gasteiger partial charge >= 0.3 is 12.1 Å². The van der Waals surface area contributed by atoms with E-state index in [-0.39, 0.29) is 0 Å². The van der Waals surface area contributed by atoms with Crippen LogP contribution in [0.3, 0.4) is 0 Å². The van der Waals surface area contributed by atoms with Crippen molar-refractivity contribution in [3.63, 3.8) is 0 Å². The number of halogens is 3. The van der Waals surface area contributed by atoms with Crippen LogP contribution in [0.15, 0.2) is 48.5 Å². The fourth-order valence-electron chi connectivity index (χ4n) is 1.97. The lowest BCUT2D eigenvalue weighted by Gasteiger charge is -2.09. The molecule has 23 heavy (non-hydrogen) atoms. The average molecular weight is 324 g/mol. The molecule has 5 heteroatoms. The summed E-state index contributed by atoms with van der Waals surface area (Å²) in [6.07, 6.45) is -3.98. The van der Waals surface area contributed by atoms with Gasteiger partial charge in [0.1, 0.15) is 0 Å². The van der Waals surface area contributed by atoms with E-state index in [4.69, 9.17) is 0 Å². The summed E-state index contributed by atoms with van der Waals surface area (Å²) >= 11 is 0. The van der Waals surface area contributed by atoms with Gasteiger partial charge in [-0.2, -0.15) is 13.2 Å². The normalized spacial score (nSPS) is 10.5. The molecule has 2 aromatic carbocycles. The molecule has 0 aliphatic rings. The van der Waals surface area contributed by atoms with Crippen LogP contribution >= 0.6 is 0 Å². The average Bonchev–Trinajstić information content (AvgIpc) is 2.56. The molecule has 0 heterocycles. The molecule has 2 nitrogen and oxygen atoms in total. The zero-order valence-electron chi connectivity index (χ0n) is 13.3. The Balaban J connectivity index is 0.00000127. The number of benzene rings is 2. The van der Waals surface area contributed by atoms with Gasteiger partial charge in [0.25, 0.3) is 0 Å². The maximum absolute atomic E-state index is 12.6. The van der Waals surface area contributed by atoms with E-state index < -0.39 is 17.7 Å². The second kappa shape index (κ2) is 8.36. The van der Waals surface area contributed by atoms with Gasteiger partial charge in [0.2, 0.25) is 0 Å². The molecule has 0 saturated heterocycles. The highest BCUT2D eigenvalue weighted by Crippen LogP contribution is 2.30. The summed E-state index contributed by atoms with van der Waals surface area (Å²) in [5.74, 6) is -0.444. The van der Waals surface area contributed by atoms with Gasteiger partial charge in [-0.25, -0.2) is 4.79 Å². The van der Waals surface area contributed by atoms with Gasteiger partial charge < -0.3 is 4.74 Å². The Morgan fingerprint density at radius 2 is 1.61 bits per heavy atom. The lowest BCUT2D eigenvalue weighted by molar-refractivity contribution is -0.137. The summed E-state index contributed by atoms with van der Waals surface area (Å²) < 4.78 is 42.5. The minimum absolute atomic E-state index is 0.366. The highest BCUT2D eigenvalue weighted by atomic mass is 19.4. The lowest BCUT2D eigenvalue weighted by Crippen LogP contribution is -2.05. The van der Waals surface area contributed by atoms with E-state index >= 15 is 0 Å². The van der Waals surface area contributed by atoms with E-state index in [1.54, 1.807) is 30.3 Å². The van der Waals surface area contributed by atoms with Gasteiger partial charge in [-0.3, -0.25) is 0 Å². The van der Waals surface area contributed by atoms with E-state index in [9.17, 15) is 18.0 Å². The van der Waals surface area contributed by atoms with Crippen molar-refractivity contribution < 1.29 is 22.7 Å². The minimum Gasteiger partial charge on any atom is -0.465 e. The molecule has 0 amide bonds. The first-order valence-electron chi connectivity index (χ1n) is 7.23. The van der Waals surface area contributed by atoms with E-state index in [1.807, 2.05) is 13.8 Å². The topological polar surface area (TPSA) is 26.3 Å². The first kappa shape index (κ1) is 18.7. The van der Waals surface area contributed by atoms with Gasteiger partial charge in [-0.15, -0.1) is 0 Å². The maximum Gasteiger partial charge on any atom is 0.416 e. The van der Waals surface area contributed by atoms with Gasteiger partial charge in [0.05, 0.1) is 18.2 Å². The van der Waals surface area contributed by atoms with E-state index in [0.717, 1.165) is 17.7 Å². The Bertz CT molecular complexity index is 631. The third-order valence-corrected chi connectivity index (χ3v) is 3.04. The van der Waals surface area contributed by atoms with Crippen LogP contribution in [-0.4, -0.2) is 13.1 Å². The van der Waals surface area contributed by atoms with Crippen molar-refractivity contribution in [1.29, 1.82) is 0 Å². The number of hydrogen-bond acceptors (Lipinski definition) is 2. The number of carbonyl (C=O) groups is 1. The summed E-state index contributed by atoms with van der Waals surface area (Å²) in [5, 5.41) is 0. The van der Waals surface area contributed by atoms with Crippen LogP contribution in [0.5, 0.6) is 0 Å². The third kappa shape index (κ3) is 5.43. The quantitative estimate of drug-likeness (QED) is 0.733. The second-order valence-electron chi connectivity index (χ2n) is 4.56. The smallest absolute Gasteiger partial charge is 0.416 e. The highest BCUT2D eigenvalue weighted by molar-refractivity contribution is 5.89. The molecule has 0 saturated carbocycles. The van der Waals surface area contributed by atoms with E-state index in [2.05, 4.69) is 4.74 Å². The summed E-state index contributed by atoms with van der Waals surface area (Å²) in [6.45, 7) is 4.00. The summed E-state index contributed by atoms with van der Waals surface area (Å²) in [5.41, 5.74) is 1.13. The van der Waals surface area contributed by atoms with Crippen LogP contribution in [0.4, 0.5) is 13.2 Å². The fourth-order valence-corrected chi connectivity index (χ4v) is 1.97. The molecular weight excluding hydrogens is 305 g/mol. The van der Waals surface area contributed by atoms with Crippen molar-refractivity contribution in [2.45, 2.75) is 26.4 Å². The predicted molar refractivity (Wildman–Crippen MR) is 83.4 cm³/mol. The standard InChI is InChI=1S/C16H13F3O2.C2H6/c1-21-15(20)13-7-5-11(6-8-13)9-12-3-2-4-14(10-12)16(17,18)19;1-2/h2-8,10H,9H2,1H3;1-2H3. The summed E-state index contributed by atoms with van der Waals surface area (Å²) in [7, 11) is 1.29. The molecule has 0 radical (unpaired) electrons. The van der Waals surface area contributed by atoms with Crippen LogP contribution in [0, 0.1) is 0 Å². The van der Waals surface area contributed by atoms with Crippen LogP contribution in [0.1, 0.15) is 40.9 Å². The Morgan fingerprint density at radius 3 is 2.13 bits per heavy atom. The fraction of sp³-hybridized carbons (Fsp3) is 0.278. The highest BCUT2D eigenvalue weighted by Gasteiger charge is 2.30. The monoisotopic (exact) mass is 324 g/mol. The largest absolute Gasteiger partial charge is 0.465 e. The van der Waals surface area contributed by atoms with E-state index in [1.165, 1.54) is 13.2 Å². The van der Waals surface area contributed by atoms with Gasteiger partial charge in [-0.05, 0) is 35.7 Å². The third-order valence-electron chi connectivity index (χ3n) is 3.04. The van der Waals surface area contributed by atoms with Crippen LogP contribution in [0.2, 0.25) is 0 Å². The molecule has 0 N–H and O–H groups in total. The van der Waals surface area contributed by atoms with Crippen molar-refractivity contribution >= 4 is 5.97 Å². The number of methoxy groups -OCH3 is 1. The summed E-state index contributed by atoms with van der Waals surface area (Å²) in [4.78, 5) is 11.3. The summed E-state index contributed by atoms with van der Waals surface area (Å²) in [6, 6.07) is 11.8. The van der Waals surface area contributed by atoms with Crippen molar-refractivity contribution in [2.75, 3.05) is 7.11 Å². The number of hydrogen-bond donors (Lipinski definition) is 0. The van der Waals surface area contributed by atoms with Crippen LogP contribution in [-0.2, 0) is 17.3 Å². The Labute approximate surface area is 133 Å². The van der Waals surface area contributed by atoms with Crippen molar-refractivity contribution in [1.82, 2.24) is 0 Å². The molecule has 0 bridgehead atoms. The Hall–Kier alpha value is -2.30. The molecular formula is C18H19F3O2. The zero-order chi connectivity index (χ0) is 17.5. The first-order chi connectivity index (χ1) is 10.9. The molecule has 2 aromatic rings. The van der Waals surface area contributed by atoms with Gasteiger partial charge in [0, 0.05) is 0 Å². The van der Waals surface area contributed by atoms with Crippen molar-refractivity contribution in [2.24, 2.45) is 0 Å². The first-order valence-corrected chi connectivity index (χ1v) is 7.23. The number of alkyl halides is 3. The molecule has 0 aromatic heterocycles. The molecule has 0 aliphatic heterocycles. The molecule has 0 aliphatic carbocycles. The molecule has 2 rings (SSSR count). The van der Waals surface area contributed by atoms with Crippen molar-refractivity contribution in [3.05, 3.63) is 70.8 Å². The van der Waals surface area contributed by atoms with Gasteiger partial charge in [-0.1, -0.05) is 44.2 Å². The number of carbonyl (C=O) groups excluding carboxylic acids is 1. The predicted octanol–water partition coefficient (Wildman–Crippen LogP) is 5.11. The zero-order valence-corrected chi connectivity index (χ0v) is 13.3. The molecule has 0 unspecified atom stereocenters. The second-order valence-corrected chi connectivity index (χ2v) is 4.56. The van der Waals surface area contributed by atoms with E-state index in [0.29, 0.717) is 17.5 Å². The molecule has 0 fully saturated rings. The number of ether oxygens (including phenoxy) is 1. The maximum atomic E-state index is 12.6. The molecule has 0 atom stereocenters. The number of esters is 1. The molecule has 124 valence electrons. The van der Waals surface area contributed by atoms with Gasteiger partial charge in [0.15, 0.2) is 0 Å². The Morgan fingerprint density at radius 1 is 1.00 bits per heavy atom. The lowest BCUT2D eigenvalue weighted by atomic mass is 10.0. The minimum atomic E-state index is -4.34. The van der Waals surface area contributed by atoms with Crippen LogP contribution in [0.25, 0.3) is 0 Å². The SMILES string of the molecule is CC.COC(=O)c1ccc(Cc2cccc(C(F)(F)F)c2)cc1. The Kier molecular flexibility index (Phi) is 6.82. The van der Waals surface area contributed by atoms with Crippen LogP contribution < -0.4 is 0 Å². The number of rotatable bonds is 3. The van der Waals surface area contributed by atoms with Crippen molar-refractivity contribution in [3.8, 4) is 0 Å². The molecule has 0 spiro atoms.